The number of benzene rings is 6. The molecule has 4 nitrogen and oxygen atoms in total. The van der Waals surface area contributed by atoms with E-state index >= 15 is 0 Å². The molecule has 11 rings (SSSR count). The first-order chi connectivity index (χ1) is 26.3. The van der Waals surface area contributed by atoms with Crippen LogP contribution in [0.1, 0.15) is 22.3 Å². The molecule has 0 bridgehead atoms. The fraction of sp³-hybridized carbons (Fsp3) is 0.0204. The highest BCUT2D eigenvalue weighted by atomic mass is 14.8. The Morgan fingerprint density at radius 3 is 1.26 bits per heavy atom. The Labute approximate surface area is 306 Å². The van der Waals surface area contributed by atoms with Gasteiger partial charge < -0.3 is 0 Å². The molecule has 0 saturated carbocycles. The van der Waals surface area contributed by atoms with E-state index in [1.54, 1.807) is 0 Å². The van der Waals surface area contributed by atoms with Gasteiger partial charge in [0.25, 0.3) is 0 Å². The van der Waals surface area contributed by atoms with Crippen molar-refractivity contribution in [3.05, 3.63) is 205 Å². The smallest absolute Gasteiger partial charge is 0.0972 e. The van der Waals surface area contributed by atoms with Crippen molar-refractivity contribution in [1.82, 2.24) is 19.9 Å². The zero-order chi connectivity index (χ0) is 34.9. The van der Waals surface area contributed by atoms with Crippen LogP contribution in [0.25, 0.3) is 77.3 Å². The lowest BCUT2D eigenvalue weighted by molar-refractivity contribution is 0.769. The zero-order valence-electron chi connectivity index (χ0n) is 28.6. The molecule has 0 aliphatic heterocycles. The Hall–Kier alpha value is -7.04. The summed E-state index contributed by atoms with van der Waals surface area (Å²) in [6.07, 6.45) is 3.69. The summed E-state index contributed by atoms with van der Waals surface area (Å²) in [6.45, 7) is 0. The van der Waals surface area contributed by atoms with E-state index < -0.39 is 5.41 Å². The van der Waals surface area contributed by atoms with Gasteiger partial charge in [-0.25, -0.2) is 9.97 Å². The Morgan fingerprint density at radius 2 is 0.774 bits per heavy atom. The predicted molar refractivity (Wildman–Crippen MR) is 216 cm³/mol. The summed E-state index contributed by atoms with van der Waals surface area (Å²) in [5.41, 5.74) is 14.4. The fourth-order valence-corrected chi connectivity index (χ4v) is 8.62. The lowest BCUT2D eigenvalue weighted by atomic mass is 9.67. The van der Waals surface area contributed by atoms with E-state index in [0.29, 0.717) is 0 Å². The lowest BCUT2D eigenvalue weighted by Crippen LogP contribution is -2.28. The van der Waals surface area contributed by atoms with Crippen molar-refractivity contribution in [1.29, 1.82) is 0 Å². The van der Waals surface area contributed by atoms with Gasteiger partial charge in [-0.1, -0.05) is 133 Å². The third-order valence-corrected chi connectivity index (χ3v) is 11.0. The van der Waals surface area contributed by atoms with Crippen molar-refractivity contribution < 1.29 is 0 Å². The number of pyridine rings is 4. The molecule has 1 aliphatic carbocycles. The molecule has 0 amide bonds. The van der Waals surface area contributed by atoms with Crippen LogP contribution in [-0.4, -0.2) is 19.9 Å². The minimum atomic E-state index is -0.588. The fourth-order valence-electron chi connectivity index (χ4n) is 8.62. The van der Waals surface area contributed by atoms with Crippen molar-refractivity contribution >= 4 is 43.6 Å². The topological polar surface area (TPSA) is 51.6 Å². The van der Waals surface area contributed by atoms with Gasteiger partial charge in [0.05, 0.1) is 38.9 Å². The second-order valence-electron chi connectivity index (χ2n) is 13.8. The SMILES string of the molecule is c1cc(-c2ccc3ccc4cccnc4c3n2)cc(C2(c3cccc(-c4ccc5ccc6cccnc6c5n4)c3)c3ccccc3-c3ccccc32)c1. The van der Waals surface area contributed by atoms with Gasteiger partial charge in [0.2, 0.25) is 0 Å². The van der Waals surface area contributed by atoms with Gasteiger partial charge in [-0.15, -0.1) is 0 Å². The van der Waals surface area contributed by atoms with E-state index in [1.807, 2.05) is 24.5 Å². The first-order valence-electron chi connectivity index (χ1n) is 18.0. The molecular formula is C49H30N4. The minimum Gasteiger partial charge on any atom is -0.254 e. The molecule has 1 aliphatic rings. The summed E-state index contributed by atoms with van der Waals surface area (Å²) in [5.74, 6) is 0. The molecule has 0 radical (unpaired) electrons. The van der Waals surface area contributed by atoms with Crippen molar-refractivity contribution in [2.75, 3.05) is 0 Å². The Bertz CT molecular complexity index is 2880. The highest BCUT2D eigenvalue weighted by molar-refractivity contribution is 6.04. The maximum Gasteiger partial charge on any atom is 0.0972 e. The molecule has 4 heterocycles. The van der Waals surface area contributed by atoms with Gasteiger partial charge in [0.15, 0.2) is 0 Å². The van der Waals surface area contributed by atoms with Gasteiger partial charge in [-0.3, -0.25) is 9.97 Å². The van der Waals surface area contributed by atoms with Crippen molar-refractivity contribution in [3.8, 4) is 33.6 Å². The zero-order valence-corrected chi connectivity index (χ0v) is 28.6. The molecular weight excluding hydrogens is 645 g/mol. The van der Waals surface area contributed by atoms with Crippen molar-refractivity contribution in [2.24, 2.45) is 0 Å². The summed E-state index contributed by atoms with van der Waals surface area (Å²) in [6, 6.07) is 60.9. The molecule has 0 atom stereocenters. The van der Waals surface area contributed by atoms with Crippen LogP contribution in [0.15, 0.2) is 182 Å². The molecule has 53 heavy (non-hydrogen) atoms. The maximum absolute atomic E-state index is 5.25. The van der Waals surface area contributed by atoms with Crippen LogP contribution in [0.5, 0.6) is 0 Å². The monoisotopic (exact) mass is 674 g/mol. The molecule has 0 unspecified atom stereocenters. The van der Waals surface area contributed by atoms with E-state index in [-0.39, 0.29) is 0 Å². The number of rotatable bonds is 4. The minimum absolute atomic E-state index is 0.588. The molecule has 0 fully saturated rings. The summed E-state index contributed by atoms with van der Waals surface area (Å²) >= 11 is 0. The third-order valence-electron chi connectivity index (χ3n) is 11.0. The van der Waals surface area contributed by atoms with E-state index in [0.717, 1.165) is 66.1 Å². The van der Waals surface area contributed by atoms with Crippen LogP contribution in [0.3, 0.4) is 0 Å². The van der Waals surface area contributed by atoms with Gasteiger partial charge in [-0.05, 0) is 69.8 Å². The van der Waals surface area contributed by atoms with E-state index in [2.05, 4.69) is 158 Å². The number of nitrogens with zero attached hydrogens (tertiary/aromatic N) is 4. The lowest BCUT2D eigenvalue weighted by Gasteiger charge is -2.34. The average molecular weight is 675 g/mol. The van der Waals surface area contributed by atoms with Crippen LogP contribution < -0.4 is 0 Å². The van der Waals surface area contributed by atoms with E-state index in [1.165, 1.54) is 33.4 Å². The van der Waals surface area contributed by atoms with Crippen LogP contribution in [0, 0.1) is 0 Å². The first kappa shape index (κ1) is 29.7. The number of hydrogen-bond donors (Lipinski definition) is 0. The number of fused-ring (bicyclic) bond motifs is 9. The van der Waals surface area contributed by atoms with Gasteiger partial charge in [0, 0.05) is 45.1 Å². The van der Waals surface area contributed by atoms with Crippen LogP contribution in [0.4, 0.5) is 0 Å². The largest absolute Gasteiger partial charge is 0.254 e. The number of hydrogen-bond acceptors (Lipinski definition) is 4. The van der Waals surface area contributed by atoms with Crippen LogP contribution >= 0.6 is 0 Å². The number of aromatic nitrogens is 4. The van der Waals surface area contributed by atoms with Crippen molar-refractivity contribution in [2.45, 2.75) is 5.41 Å². The Morgan fingerprint density at radius 1 is 0.340 bits per heavy atom. The quantitative estimate of drug-likeness (QED) is 0.174. The normalized spacial score (nSPS) is 13.1. The third kappa shape index (κ3) is 4.42. The molecule has 0 saturated heterocycles. The molecule has 0 spiro atoms. The summed E-state index contributed by atoms with van der Waals surface area (Å²) < 4.78 is 0. The molecule has 4 heteroatoms. The van der Waals surface area contributed by atoms with E-state index in [9.17, 15) is 0 Å². The summed E-state index contributed by atoms with van der Waals surface area (Å²) in [4.78, 5) is 19.9. The van der Waals surface area contributed by atoms with Crippen molar-refractivity contribution in [3.63, 3.8) is 0 Å². The standard InChI is InChI=1S/C49H30N4/c1-3-17-41-39(15-1)40-16-2-4-18-42(40)49(41,37-13-5-9-35(29-37)43-25-23-33-21-19-31-11-7-27-50-45(31)47(33)52-43)38-14-6-10-36(30-38)44-26-24-34-22-20-32-12-8-28-51-46(32)48(34)53-44/h1-30H. The van der Waals surface area contributed by atoms with Crippen LogP contribution in [-0.2, 0) is 5.41 Å². The molecule has 0 N–H and O–H groups in total. The molecule has 10 aromatic rings. The highest BCUT2D eigenvalue weighted by Crippen LogP contribution is 2.56. The summed E-state index contributed by atoms with van der Waals surface area (Å²) in [5, 5.41) is 4.33. The summed E-state index contributed by atoms with van der Waals surface area (Å²) in [7, 11) is 0. The molecule has 246 valence electrons. The van der Waals surface area contributed by atoms with Crippen LogP contribution in [0.2, 0.25) is 0 Å². The maximum atomic E-state index is 5.25. The second-order valence-corrected chi connectivity index (χ2v) is 13.8. The second kappa shape index (κ2) is 11.5. The predicted octanol–water partition coefficient (Wildman–Crippen LogP) is 11.6. The molecule has 6 aromatic carbocycles. The van der Waals surface area contributed by atoms with Gasteiger partial charge in [-0.2, -0.15) is 0 Å². The van der Waals surface area contributed by atoms with Gasteiger partial charge >= 0.3 is 0 Å². The highest BCUT2D eigenvalue weighted by Gasteiger charge is 2.46. The molecule has 4 aromatic heterocycles. The Balaban J connectivity index is 1.14. The average Bonchev–Trinajstić information content (AvgIpc) is 3.54. The van der Waals surface area contributed by atoms with Gasteiger partial charge in [0.1, 0.15) is 0 Å². The van der Waals surface area contributed by atoms with E-state index in [4.69, 9.17) is 19.9 Å². The Kier molecular flexibility index (Phi) is 6.43. The first-order valence-corrected chi connectivity index (χ1v) is 18.0.